The second-order valence-electron chi connectivity index (χ2n) is 7.48. The molecule has 1 spiro atoms. The first-order chi connectivity index (χ1) is 13.4. The number of benzene rings is 1. The topological polar surface area (TPSA) is 89.5 Å². The molecular formula is C20H23N3O4S. The van der Waals surface area contributed by atoms with Gasteiger partial charge in [-0.3, -0.25) is 4.79 Å². The van der Waals surface area contributed by atoms with Gasteiger partial charge in [0.2, 0.25) is 5.91 Å². The van der Waals surface area contributed by atoms with Gasteiger partial charge in [0.1, 0.15) is 11.4 Å². The maximum atomic E-state index is 12.2. The molecule has 4 rings (SSSR count). The maximum Gasteiger partial charge on any atom is 0.237 e. The Kier molecular flexibility index (Phi) is 4.93. The lowest BCUT2D eigenvalue weighted by Gasteiger charge is -2.44. The summed E-state index contributed by atoms with van der Waals surface area (Å²) in [6, 6.07) is 9.82. The second-order valence-corrected chi connectivity index (χ2v) is 9.62. The van der Waals surface area contributed by atoms with E-state index in [0.717, 1.165) is 29.5 Å². The minimum absolute atomic E-state index is 0.346. The van der Waals surface area contributed by atoms with Crippen molar-refractivity contribution >= 4 is 15.7 Å². The number of aromatic nitrogens is 2. The summed E-state index contributed by atoms with van der Waals surface area (Å²) < 4.78 is 29.1. The van der Waals surface area contributed by atoms with Crippen molar-refractivity contribution in [3.63, 3.8) is 0 Å². The molecule has 0 radical (unpaired) electrons. The summed E-state index contributed by atoms with van der Waals surface area (Å²) in [6.07, 6.45) is 4.93. The molecular weight excluding hydrogens is 378 g/mol. The monoisotopic (exact) mass is 401 g/mol. The average Bonchev–Trinajstić information content (AvgIpc) is 2.68. The molecule has 0 N–H and O–H groups in total. The Balaban J connectivity index is 1.59. The van der Waals surface area contributed by atoms with Gasteiger partial charge in [-0.25, -0.2) is 18.4 Å². The minimum Gasteiger partial charge on any atom is -0.368 e. The van der Waals surface area contributed by atoms with Crippen molar-refractivity contribution in [2.24, 2.45) is 0 Å². The Bertz CT molecular complexity index is 984. The summed E-state index contributed by atoms with van der Waals surface area (Å²) in [6.45, 7) is 1.51. The van der Waals surface area contributed by atoms with Gasteiger partial charge in [0.25, 0.3) is 0 Å². The highest BCUT2D eigenvalue weighted by Gasteiger charge is 2.43. The van der Waals surface area contributed by atoms with Gasteiger partial charge in [0, 0.05) is 31.1 Å². The van der Waals surface area contributed by atoms with E-state index in [-0.39, 0.29) is 5.91 Å². The molecule has 7 nitrogen and oxygen atoms in total. The molecule has 148 valence electrons. The Morgan fingerprint density at radius 1 is 1.21 bits per heavy atom. The van der Waals surface area contributed by atoms with E-state index in [1.54, 1.807) is 4.90 Å². The lowest BCUT2D eigenvalue weighted by Crippen LogP contribution is -2.50. The quantitative estimate of drug-likeness (QED) is 0.776. The minimum atomic E-state index is -3.33. The number of ether oxygens (including phenoxy) is 1. The Hall–Kier alpha value is -2.32. The number of carbonyl (C=O) groups excluding carboxylic acids is 1. The summed E-state index contributed by atoms with van der Waals surface area (Å²) in [7, 11) is -3.33. The van der Waals surface area contributed by atoms with Gasteiger partial charge in [-0.1, -0.05) is 30.3 Å². The van der Waals surface area contributed by atoms with Crippen molar-refractivity contribution in [3.05, 3.63) is 47.8 Å². The molecule has 1 aromatic carbocycles. The van der Waals surface area contributed by atoms with E-state index < -0.39 is 21.2 Å². The fourth-order valence-electron chi connectivity index (χ4n) is 3.95. The predicted molar refractivity (Wildman–Crippen MR) is 104 cm³/mol. The van der Waals surface area contributed by atoms with Crippen molar-refractivity contribution in [3.8, 4) is 11.4 Å². The summed E-state index contributed by atoms with van der Waals surface area (Å²) in [4.78, 5) is 23.2. The molecule has 0 atom stereocenters. The number of nitrogens with zero attached hydrogens (tertiary/aromatic N) is 3. The van der Waals surface area contributed by atoms with Crippen LogP contribution in [0.4, 0.5) is 0 Å². The van der Waals surface area contributed by atoms with Gasteiger partial charge in [-0.2, -0.15) is 0 Å². The van der Waals surface area contributed by atoms with Crippen molar-refractivity contribution in [1.29, 1.82) is 0 Å². The number of carbonyl (C=O) groups is 1. The van der Waals surface area contributed by atoms with E-state index in [1.807, 2.05) is 36.5 Å². The highest BCUT2D eigenvalue weighted by atomic mass is 32.2. The largest absolute Gasteiger partial charge is 0.368 e. The van der Waals surface area contributed by atoms with Crippen LogP contribution < -0.4 is 0 Å². The first-order valence-electron chi connectivity index (χ1n) is 9.38. The van der Waals surface area contributed by atoms with E-state index in [9.17, 15) is 13.2 Å². The van der Waals surface area contributed by atoms with Crippen molar-refractivity contribution in [1.82, 2.24) is 14.9 Å². The Morgan fingerprint density at radius 3 is 2.61 bits per heavy atom. The van der Waals surface area contributed by atoms with E-state index in [2.05, 4.69) is 4.98 Å². The van der Waals surface area contributed by atoms with Crippen molar-refractivity contribution in [2.75, 3.05) is 31.7 Å². The van der Waals surface area contributed by atoms with E-state index in [4.69, 9.17) is 9.72 Å². The zero-order valence-corrected chi connectivity index (χ0v) is 16.6. The predicted octanol–water partition coefficient (Wildman–Crippen LogP) is 1.58. The summed E-state index contributed by atoms with van der Waals surface area (Å²) in [5, 5.41) is 0. The van der Waals surface area contributed by atoms with E-state index in [0.29, 0.717) is 38.4 Å². The van der Waals surface area contributed by atoms with Gasteiger partial charge >= 0.3 is 0 Å². The molecule has 1 aromatic heterocycles. The molecule has 3 heterocycles. The number of likely N-dealkylation sites (tertiary alicyclic amines) is 1. The third-order valence-electron chi connectivity index (χ3n) is 5.39. The van der Waals surface area contributed by atoms with Gasteiger partial charge in [-0.05, 0) is 24.8 Å². The average molecular weight is 401 g/mol. The van der Waals surface area contributed by atoms with Crippen LogP contribution in [0.15, 0.2) is 36.5 Å². The molecule has 1 fully saturated rings. The first-order valence-corrected chi connectivity index (χ1v) is 11.4. The van der Waals surface area contributed by atoms with E-state index >= 15 is 0 Å². The lowest BCUT2D eigenvalue weighted by atomic mass is 9.83. The van der Waals surface area contributed by atoms with Gasteiger partial charge < -0.3 is 9.64 Å². The molecule has 2 aliphatic rings. The third-order valence-corrected chi connectivity index (χ3v) is 6.16. The molecule has 1 saturated heterocycles. The van der Waals surface area contributed by atoms with Crippen LogP contribution in [0, 0.1) is 0 Å². The zero-order valence-electron chi connectivity index (χ0n) is 15.8. The highest BCUT2D eigenvalue weighted by molar-refractivity contribution is 7.91. The van der Waals surface area contributed by atoms with Crippen LogP contribution in [0.5, 0.6) is 0 Å². The van der Waals surface area contributed by atoms with Crippen LogP contribution in [-0.2, 0) is 31.4 Å². The highest BCUT2D eigenvalue weighted by Crippen LogP contribution is 2.40. The SMILES string of the molecule is CS(=O)(=O)CC(=O)N1CCC2(CC1)OCCc1cnc(-c3ccccc3)nc12. The van der Waals surface area contributed by atoms with Crippen LogP contribution in [0.25, 0.3) is 11.4 Å². The Morgan fingerprint density at radius 2 is 1.93 bits per heavy atom. The van der Waals surface area contributed by atoms with Crippen LogP contribution >= 0.6 is 0 Å². The lowest BCUT2D eigenvalue weighted by molar-refractivity contribution is -0.138. The maximum absolute atomic E-state index is 12.2. The number of fused-ring (bicyclic) bond motifs is 2. The van der Waals surface area contributed by atoms with Gasteiger partial charge in [0.15, 0.2) is 15.7 Å². The summed E-state index contributed by atoms with van der Waals surface area (Å²) in [5.74, 6) is -0.126. The molecule has 0 unspecified atom stereocenters. The molecule has 2 aromatic rings. The number of sulfone groups is 1. The summed E-state index contributed by atoms with van der Waals surface area (Å²) >= 11 is 0. The molecule has 28 heavy (non-hydrogen) atoms. The van der Waals surface area contributed by atoms with Crippen LogP contribution in [0.2, 0.25) is 0 Å². The van der Waals surface area contributed by atoms with Crippen LogP contribution in [0.3, 0.4) is 0 Å². The van der Waals surface area contributed by atoms with Crippen molar-refractivity contribution in [2.45, 2.75) is 24.9 Å². The smallest absolute Gasteiger partial charge is 0.237 e. The molecule has 8 heteroatoms. The Labute approximate surface area is 164 Å². The number of hydrogen-bond acceptors (Lipinski definition) is 6. The van der Waals surface area contributed by atoms with E-state index in [1.165, 1.54) is 0 Å². The normalized spacial score (nSPS) is 18.7. The number of piperidine rings is 1. The van der Waals surface area contributed by atoms with Gasteiger partial charge in [-0.15, -0.1) is 0 Å². The number of rotatable bonds is 3. The van der Waals surface area contributed by atoms with Crippen LogP contribution in [-0.4, -0.2) is 60.9 Å². The second kappa shape index (κ2) is 7.25. The van der Waals surface area contributed by atoms with Crippen molar-refractivity contribution < 1.29 is 17.9 Å². The zero-order chi connectivity index (χ0) is 19.8. The fourth-order valence-corrected chi connectivity index (χ4v) is 4.58. The number of hydrogen-bond donors (Lipinski definition) is 0. The fraction of sp³-hybridized carbons (Fsp3) is 0.450. The molecule has 2 aliphatic heterocycles. The first kappa shape index (κ1) is 19.0. The standard InChI is InChI=1S/C20H23N3O4S/c1-28(25,26)14-17(24)23-10-8-20(9-11-23)18-16(7-12-27-20)13-21-19(22-18)15-5-3-2-4-6-15/h2-6,13H,7-12,14H2,1H3. The van der Waals surface area contributed by atoms with Gasteiger partial charge in [0.05, 0.1) is 12.3 Å². The molecule has 0 saturated carbocycles. The summed E-state index contributed by atoms with van der Waals surface area (Å²) in [5.41, 5.74) is 2.40. The molecule has 0 aliphatic carbocycles. The van der Waals surface area contributed by atoms with Crippen LogP contribution in [0.1, 0.15) is 24.1 Å². The number of amides is 1. The third kappa shape index (κ3) is 3.79. The molecule has 1 amide bonds. The molecule has 0 bridgehead atoms.